The van der Waals surface area contributed by atoms with Gasteiger partial charge in [-0.05, 0) is 50.5 Å². The van der Waals surface area contributed by atoms with Crippen LogP contribution in [0.25, 0.3) is 11.1 Å². The van der Waals surface area contributed by atoms with Crippen LogP contribution in [0.4, 0.5) is 27.6 Å². The molecule has 1 aromatic heterocycles. The zero-order valence-corrected chi connectivity index (χ0v) is 19.3. The van der Waals surface area contributed by atoms with E-state index in [1.54, 1.807) is 4.68 Å². The van der Waals surface area contributed by atoms with Crippen LogP contribution >= 0.6 is 0 Å². The maximum absolute atomic E-state index is 15.1. The van der Waals surface area contributed by atoms with E-state index >= 15 is 4.39 Å². The van der Waals surface area contributed by atoms with Crippen molar-refractivity contribution < 1.29 is 36.6 Å². The van der Waals surface area contributed by atoms with Crippen LogP contribution in [0.15, 0.2) is 42.7 Å². The van der Waals surface area contributed by atoms with Crippen molar-refractivity contribution in [1.29, 1.82) is 0 Å². The molecule has 3 aromatic rings. The van der Waals surface area contributed by atoms with E-state index in [0.29, 0.717) is 12.1 Å². The number of hydrogen-bond acceptors (Lipinski definition) is 3. The molecule has 0 saturated heterocycles. The highest BCUT2D eigenvalue weighted by molar-refractivity contribution is 6.03. The highest BCUT2D eigenvalue weighted by Gasteiger charge is 2.53. The molecule has 1 fully saturated rings. The number of carboxylic acids is 1. The Hall–Kier alpha value is -3.76. The molecule has 0 unspecified atom stereocenters. The van der Waals surface area contributed by atoms with Crippen LogP contribution < -0.4 is 5.32 Å². The minimum absolute atomic E-state index is 0.00831. The number of carbonyl (C=O) groups excluding carboxylic acids is 1. The van der Waals surface area contributed by atoms with Gasteiger partial charge in [-0.3, -0.25) is 9.48 Å². The van der Waals surface area contributed by atoms with Crippen molar-refractivity contribution in [3.05, 3.63) is 71.1 Å². The summed E-state index contributed by atoms with van der Waals surface area (Å²) in [5.41, 5.74) is -3.37. The number of carboxylic acid groups (broad SMARTS) is 1. The van der Waals surface area contributed by atoms with E-state index in [-0.39, 0.29) is 41.3 Å². The van der Waals surface area contributed by atoms with Crippen LogP contribution in [0, 0.1) is 11.6 Å². The Kier molecular flexibility index (Phi) is 6.36. The van der Waals surface area contributed by atoms with Gasteiger partial charge in [-0.25, -0.2) is 13.6 Å². The van der Waals surface area contributed by atoms with Crippen LogP contribution in [0.1, 0.15) is 60.6 Å². The van der Waals surface area contributed by atoms with Gasteiger partial charge >= 0.3 is 12.1 Å². The Balaban J connectivity index is 1.65. The second kappa shape index (κ2) is 9.03. The molecule has 11 heteroatoms. The number of alkyl halides is 3. The number of aromatic carboxylic acids is 1. The van der Waals surface area contributed by atoms with E-state index in [9.17, 15) is 32.3 Å². The topological polar surface area (TPSA) is 84.2 Å². The average molecular weight is 507 g/mol. The zero-order chi connectivity index (χ0) is 26.4. The first-order valence-corrected chi connectivity index (χ1v) is 11.2. The Morgan fingerprint density at radius 2 is 1.86 bits per heavy atom. The normalized spacial score (nSPS) is 15.4. The summed E-state index contributed by atoms with van der Waals surface area (Å²) >= 11 is 0. The fraction of sp³-hybridized carbons (Fsp3) is 0.320. The third kappa shape index (κ3) is 4.57. The molecule has 4 rings (SSSR count). The predicted molar refractivity (Wildman–Crippen MR) is 121 cm³/mol. The summed E-state index contributed by atoms with van der Waals surface area (Å²) in [5, 5.41) is 16.3. The molecule has 0 bridgehead atoms. The number of amides is 1. The Labute approximate surface area is 202 Å². The molecule has 1 aliphatic rings. The van der Waals surface area contributed by atoms with E-state index in [4.69, 9.17) is 0 Å². The van der Waals surface area contributed by atoms with Gasteiger partial charge in [0.05, 0.1) is 22.7 Å². The second-order valence-corrected chi connectivity index (χ2v) is 8.88. The number of aromatic nitrogens is 2. The van der Waals surface area contributed by atoms with Crippen molar-refractivity contribution in [2.24, 2.45) is 0 Å². The average Bonchev–Trinajstić information content (AvgIpc) is 3.47. The fourth-order valence-corrected chi connectivity index (χ4v) is 4.11. The van der Waals surface area contributed by atoms with Gasteiger partial charge in [-0.2, -0.15) is 18.3 Å². The molecule has 1 saturated carbocycles. The Morgan fingerprint density at radius 1 is 1.17 bits per heavy atom. The maximum atomic E-state index is 15.1. The lowest BCUT2D eigenvalue weighted by atomic mass is 9.93. The smallest absolute Gasteiger partial charge is 0.416 e. The third-order valence-electron chi connectivity index (χ3n) is 6.51. The van der Waals surface area contributed by atoms with Crippen LogP contribution in [-0.2, 0) is 16.4 Å². The molecule has 2 N–H and O–H groups in total. The van der Waals surface area contributed by atoms with Gasteiger partial charge in [0.15, 0.2) is 0 Å². The second-order valence-electron chi connectivity index (χ2n) is 8.88. The SMILES string of the molecule is CC[C@@H](C)n1cc(-c2c(F)cc(NC(=O)C3(c4ccc(C(F)(F)F)cc4F)CC3)cc2C(=O)O)cn1. The zero-order valence-electron chi connectivity index (χ0n) is 19.3. The molecule has 1 heterocycles. The molecule has 0 aliphatic heterocycles. The van der Waals surface area contributed by atoms with Gasteiger partial charge in [0.25, 0.3) is 0 Å². The number of nitrogens with one attached hydrogen (secondary N) is 1. The van der Waals surface area contributed by atoms with Crippen molar-refractivity contribution in [3.63, 3.8) is 0 Å². The van der Waals surface area contributed by atoms with E-state index in [0.717, 1.165) is 24.6 Å². The highest BCUT2D eigenvalue weighted by atomic mass is 19.4. The molecule has 190 valence electrons. The first-order valence-electron chi connectivity index (χ1n) is 11.2. The number of carbonyl (C=O) groups is 2. The van der Waals surface area contributed by atoms with Crippen molar-refractivity contribution in [2.45, 2.75) is 50.7 Å². The van der Waals surface area contributed by atoms with E-state index in [2.05, 4.69) is 10.4 Å². The largest absolute Gasteiger partial charge is 0.478 e. The quantitative estimate of drug-likeness (QED) is 0.374. The highest BCUT2D eigenvalue weighted by Crippen LogP contribution is 2.50. The van der Waals surface area contributed by atoms with Crippen LogP contribution in [0.2, 0.25) is 0 Å². The molecule has 36 heavy (non-hydrogen) atoms. The van der Waals surface area contributed by atoms with Crippen molar-refractivity contribution in [3.8, 4) is 11.1 Å². The van der Waals surface area contributed by atoms with Crippen molar-refractivity contribution >= 4 is 17.6 Å². The third-order valence-corrected chi connectivity index (χ3v) is 6.51. The summed E-state index contributed by atoms with van der Waals surface area (Å²) in [6.45, 7) is 3.84. The Morgan fingerprint density at radius 3 is 2.42 bits per heavy atom. The summed E-state index contributed by atoms with van der Waals surface area (Å²) in [5.74, 6) is -4.30. The first-order chi connectivity index (χ1) is 16.9. The lowest BCUT2D eigenvalue weighted by molar-refractivity contribution is -0.137. The number of halogens is 5. The number of anilines is 1. The minimum Gasteiger partial charge on any atom is -0.478 e. The summed E-state index contributed by atoms with van der Waals surface area (Å²) in [6.07, 6.45) is -0.770. The van der Waals surface area contributed by atoms with Gasteiger partial charge in [-0.1, -0.05) is 13.0 Å². The molecule has 1 amide bonds. The van der Waals surface area contributed by atoms with E-state index in [1.807, 2.05) is 13.8 Å². The van der Waals surface area contributed by atoms with Gasteiger partial charge in [-0.15, -0.1) is 0 Å². The summed E-state index contributed by atoms with van der Waals surface area (Å²) in [6, 6.07) is 3.99. The first kappa shape index (κ1) is 25.3. The maximum Gasteiger partial charge on any atom is 0.416 e. The molecular weight excluding hydrogens is 485 g/mol. The molecule has 6 nitrogen and oxygen atoms in total. The summed E-state index contributed by atoms with van der Waals surface area (Å²) < 4.78 is 69.9. The fourth-order valence-electron chi connectivity index (χ4n) is 4.11. The standard InChI is InChI=1S/C25H22F5N3O3/c1-3-13(2)33-12-14(11-31-33)21-17(22(34)35)9-16(10-20(21)27)32-23(36)24(6-7-24)18-5-4-15(8-19(18)26)25(28,29)30/h4-5,8-13H,3,6-7H2,1-2H3,(H,32,36)(H,34,35)/t13-/m1/s1. The van der Waals surface area contributed by atoms with Gasteiger partial charge in [0, 0.05) is 34.6 Å². The molecule has 0 radical (unpaired) electrons. The molecule has 1 atom stereocenters. The Bertz CT molecular complexity index is 1350. The van der Waals surface area contributed by atoms with Gasteiger partial charge < -0.3 is 10.4 Å². The van der Waals surface area contributed by atoms with Crippen LogP contribution in [0.3, 0.4) is 0 Å². The van der Waals surface area contributed by atoms with Crippen LogP contribution in [0.5, 0.6) is 0 Å². The lowest BCUT2D eigenvalue weighted by Crippen LogP contribution is -2.29. The van der Waals surface area contributed by atoms with E-state index in [1.165, 1.54) is 12.4 Å². The van der Waals surface area contributed by atoms with Crippen LogP contribution in [-0.4, -0.2) is 26.8 Å². The predicted octanol–water partition coefficient (Wildman–Crippen LogP) is 6.19. The molecular formula is C25H22F5N3O3. The lowest BCUT2D eigenvalue weighted by Gasteiger charge is -2.18. The van der Waals surface area contributed by atoms with Crippen molar-refractivity contribution in [1.82, 2.24) is 9.78 Å². The molecule has 2 aromatic carbocycles. The summed E-state index contributed by atoms with van der Waals surface area (Å²) in [4.78, 5) is 24.9. The molecule has 0 spiro atoms. The summed E-state index contributed by atoms with van der Waals surface area (Å²) in [7, 11) is 0. The van der Waals surface area contributed by atoms with E-state index < -0.39 is 46.2 Å². The number of benzene rings is 2. The number of hydrogen-bond donors (Lipinski definition) is 2. The van der Waals surface area contributed by atoms with Crippen molar-refractivity contribution in [2.75, 3.05) is 5.32 Å². The van der Waals surface area contributed by atoms with Gasteiger partial charge in [0.2, 0.25) is 5.91 Å². The minimum atomic E-state index is -4.74. The number of rotatable bonds is 7. The van der Waals surface area contributed by atoms with Gasteiger partial charge in [0.1, 0.15) is 11.6 Å². The monoisotopic (exact) mass is 507 g/mol. The number of nitrogens with zero attached hydrogens (tertiary/aromatic N) is 2. The molecule has 1 aliphatic carbocycles.